The van der Waals surface area contributed by atoms with E-state index in [9.17, 15) is 9.90 Å². The van der Waals surface area contributed by atoms with Crippen molar-refractivity contribution < 1.29 is 15.0 Å². The van der Waals surface area contributed by atoms with Gasteiger partial charge in [0.05, 0.1) is 6.10 Å². The van der Waals surface area contributed by atoms with Crippen molar-refractivity contribution in [2.45, 2.75) is 70.8 Å². The standard InChI is InChI=1S/C18H30O3/c1-2-3-4-11-14-17(19)15-12-9-7-5-6-8-10-13-16-18(20)21/h3-5,7,11,14,17,19H,2,6,8-10,12-13,15-16H2,1H3,(H,20,21)/b4-3-,7-5-,14-11+. The third-order valence-electron chi connectivity index (χ3n) is 3.11. The van der Waals surface area contributed by atoms with Crippen LogP contribution in [0, 0.1) is 0 Å². The molecule has 0 saturated heterocycles. The highest BCUT2D eigenvalue weighted by molar-refractivity contribution is 5.66. The molecule has 0 saturated carbocycles. The van der Waals surface area contributed by atoms with Crippen molar-refractivity contribution in [2.75, 3.05) is 0 Å². The fourth-order valence-electron chi connectivity index (χ4n) is 1.90. The van der Waals surface area contributed by atoms with Gasteiger partial charge in [0.2, 0.25) is 0 Å². The molecule has 0 aliphatic heterocycles. The van der Waals surface area contributed by atoms with Gasteiger partial charge in [-0.3, -0.25) is 4.79 Å². The first-order chi connectivity index (χ1) is 10.2. The lowest BCUT2D eigenvalue weighted by molar-refractivity contribution is -0.137. The van der Waals surface area contributed by atoms with E-state index in [1.807, 2.05) is 18.2 Å². The third kappa shape index (κ3) is 16.6. The van der Waals surface area contributed by atoms with E-state index in [4.69, 9.17) is 5.11 Å². The number of hydrogen-bond donors (Lipinski definition) is 2. The Kier molecular flexibility index (Phi) is 14.1. The molecule has 2 N–H and O–H groups in total. The zero-order valence-electron chi connectivity index (χ0n) is 13.2. The summed E-state index contributed by atoms with van der Waals surface area (Å²) in [4.78, 5) is 10.3. The van der Waals surface area contributed by atoms with Crippen molar-refractivity contribution in [1.82, 2.24) is 0 Å². The number of aliphatic hydroxyl groups is 1. The first-order valence-corrected chi connectivity index (χ1v) is 8.05. The Morgan fingerprint density at radius 2 is 1.71 bits per heavy atom. The Hall–Kier alpha value is -1.35. The summed E-state index contributed by atoms with van der Waals surface area (Å²) in [6, 6.07) is 0. The fourth-order valence-corrected chi connectivity index (χ4v) is 1.90. The number of unbranched alkanes of at least 4 members (excludes halogenated alkanes) is 4. The van der Waals surface area contributed by atoms with Gasteiger partial charge < -0.3 is 10.2 Å². The predicted octanol–water partition coefficient (Wildman–Crippen LogP) is 4.63. The smallest absolute Gasteiger partial charge is 0.303 e. The molecule has 0 spiro atoms. The van der Waals surface area contributed by atoms with Crippen molar-refractivity contribution in [2.24, 2.45) is 0 Å². The largest absolute Gasteiger partial charge is 0.481 e. The number of hydrogen-bond acceptors (Lipinski definition) is 2. The van der Waals surface area contributed by atoms with Crippen LogP contribution in [0.15, 0.2) is 36.5 Å². The summed E-state index contributed by atoms with van der Waals surface area (Å²) in [6.07, 6.45) is 19.6. The SMILES string of the molecule is CC/C=C\C=C\C(O)CCC/C=C\CCCCCC(=O)O. The monoisotopic (exact) mass is 294 g/mol. The fraction of sp³-hybridized carbons (Fsp3) is 0.611. The van der Waals surface area contributed by atoms with E-state index in [0.29, 0.717) is 0 Å². The molecule has 0 heterocycles. The van der Waals surface area contributed by atoms with Crippen molar-refractivity contribution in [3.05, 3.63) is 36.5 Å². The van der Waals surface area contributed by atoms with Crippen LogP contribution in [0.5, 0.6) is 0 Å². The highest BCUT2D eigenvalue weighted by Crippen LogP contribution is 2.06. The molecule has 0 amide bonds. The Labute approximate surface area is 129 Å². The van der Waals surface area contributed by atoms with Crippen LogP contribution >= 0.6 is 0 Å². The van der Waals surface area contributed by atoms with Gasteiger partial charge in [-0.2, -0.15) is 0 Å². The predicted molar refractivity (Wildman–Crippen MR) is 88.3 cm³/mol. The molecule has 21 heavy (non-hydrogen) atoms. The van der Waals surface area contributed by atoms with Crippen molar-refractivity contribution in [3.63, 3.8) is 0 Å². The molecule has 0 fully saturated rings. The zero-order valence-corrected chi connectivity index (χ0v) is 13.2. The van der Waals surface area contributed by atoms with Crippen LogP contribution in [-0.2, 0) is 4.79 Å². The van der Waals surface area contributed by atoms with Crippen molar-refractivity contribution >= 4 is 5.97 Å². The molecule has 120 valence electrons. The van der Waals surface area contributed by atoms with Gasteiger partial charge in [0, 0.05) is 6.42 Å². The summed E-state index contributed by atoms with van der Waals surface area (Å²) >= 11 is 0. The van der Waals surface area contributed by atoms with Crippen LogP contribution in [0.3, 0.4) is 0 Å². The van der Waals surface area contributed by atoms with Crippen LogP contribution in [0.2, 0.25) is 0 Å². The normalized spacial score (nSPS) is 13.6. The van der Waals surface area contributed by atoms with Crippen LogP contribution in [0.1, 0.15) is 64.7 Å². The molecule has 0 aromatic rings. The van der Waals surface area contributed by atoms with E-state index < -0.39 is 5.97 Å². The molecule has 1 unspecified atom stereocenters. The minimum Gasteiger partial charge on any atom is -0.481 e. The third-order valence-corrected chi connectivity index (χ3v) is 3.11. The van der Waals surface area contributed by atoms with E-state index >= 15 is 0 Å². The van der Waals surface area contributed by atoms with Gasteiger partial charge in [-0.1, -0.05) is 49.8 Å². The van der Waals surface area contributed by atoms with Crippen LogP contribution in [0.4, 0.5) is 0 Å². The molecule has 0 rings (SSSR count). The molecule has 0 aliphatic rings. The summed E-state index contributed by atoms with van der Waals surface area (Å²) in [5, 5.41) is 18.2. The number of rotatable bonds is 13. The Bertz CT molecular complexity index is 329. The molecular formula is C18H30O3. The molecule has 3 heteroatoms. The maximum atomic E-state index is 10.3. The Morgan fingerprint density at radius 3 is 2.38 bits per heavy atom. The first-order valence-electron chi connectivity index (χ1n) is 8.05. The van der Waals surface area contributed by atoms with Gasteiger partial charge in [0.1, 0.15) is 0 Å². The van der Waals surface area contributed by atoms with Crippen molar-refractivity contribution in [3.8, 4) is 0 Å². The molecule has 3 nitrogen and oxygen atoms in total. The summed E-state index contributed by atoms with van der Waals surface area (Å²) in [7, 11) is 0. The van der Waals surface area contributed by atoms with Gasteiger partial charge >= 0.3 is 5.97 Å². The second kappa shape index (κ2) is 15.0. The topological polar surface area (TPSA) is 57.5 Å². The molecule has 0 bridgehead atoms. The van der Waals surface area contributed by atoms with Crippen molar-refractivity contribution in [1.29, 1.82) is 0 Å². The number of aliphatic hydroxyl groups excluding tert-OH is 1. The average Bonchev–Trinajstić information content (AvgIpc) is 2.45. The minimum atomic E-state index is -0.705. The second-order valence-electron chi connectivity index (χ2n) is 5.18. The molecule has 0 aromatic carbocycles. The number of carboxylic acids is 1. The maximum Gasteiger partial charge on any atom is 0.303 e. The van der Waals surface area contributed by atoms with Gasteiger partial charge in [0.25, 0.3) is 0 Å². The lowest BCUT2D eigenvalue weighted by atomic mass is 10.1. The van der Waals surface area contributed by atoms with E-state index in [1.165, 1.54) is 0 Å². The van der Waals surface area contributed by atoms with E-state index in [-0.39, 0.29) is 12.5 Å². The van der Waals surface area contributed by atoms with Crippen LogP contribution in [-0.4, -0.2) is 22.3 Å². The number of allylic oxidation sites excluding steroid dienone is 5. The lowest BCUT2D eigenvalue weighted by Crippen LogP contribution is -2.00. The molecular weight excluding hydrogens is 264 g/mol. The maximum absolute atomic E-state index is 10.3. The molecule has 0 radical (unpaired) electrons. The van der Waals surface area contributed by atoms with E-state index in [0.717, 1.165) is 51.4 Å². The zero-order chi connectivity index (χ0) is 15.8. The quantitative estimate of drug-likeness (QED) is 0.296. The minimum absolute atomic E-state index is 0.280. The summed E-state index contributed by atoms with van der Waals surface area (Å²) < 4.78 is 0. The number of aliphatic carboxylic acids is 1. The average molecular weight is 294 g/mol. The summed E-state index contributed by atoms with van der Waals surface area (Å²) in [6.45, 7) is 2.08. The Morgan fingerprint density at radius 1 is 1.00 bits per heavy atom. The number of carbonyl (C=O) groups is 1. The highest BCUT2D eigenvalue weighted by atomic mass is 16.4. The van der Waals surface area contributed by atoms with Gasteiger partial charge in [-0.15, -0.1) is 0 Å². The van der Waals surface area contributed by atoms with Gasteiger partial charge in [0.15, 0.2) is 0 Å². The molecule has 0 aliphatic carbocycles. The van der Waals surface area contributed by atoms with E-state index in [2.05, 4.69) is 25.2 Å². The van der Waals surface area contributed by atoms with E-state index in [1.54, 1.807) is 0 Å². The van der Waals surface area contributed by atoms with Gasteiger partial charge in [-0.25, -0.2) is 0 Å². The highest BCUT2D eigenvalue weighted by Gasteiger charge is 1.97. The van der Waals surface area contributed by atoms with Gasteiger partial charge in [-0.05, 0) is 44.9 Å². The second-order valence-corrected chi connectivity index (χ2v) is 5.18. The Balaban J connectivity index is 3.41. The lowest BCUT2D eigenvalue weighted by Gasteiger charge is -2.02. The first kappa shape index (κ1) is 19.7. The molecule has 0 aromatic heterocycles. The number of carboxylic acid groups (broad SMARTS) is 1. The van der Waals surface area contributed by atoms with Crippen LogP contribution in [0.25, 0.3) is 0 Å². The summed E-state index contributed by atoms with van der Waals surface area (Å²) in [5.74, 6) is -0.705. The summed E-state index contributed by atoms with van der Waals surface area (Å²) in [5.41, 5.74) is 0. The molecule has 1 atom stereocenters. The van der Waals surface area contributed by atoms with Crippen LogP contribution < -0.4 is 0 Å².